The lowest BCUT2D eigenvalue weighted by Crippen LogP contribution is -2.39. The second-order valence-electron chi connectivity index (χ2n) is 5.06. The van der Waals surface area contributed by atoms with Gasteiger partial charge in [-0.25, -0.2) is 4.39 Å². The van der Waals surface area contributed by atoms with Crippen LogP contribution in [0.3, 0.4) is 0 Å². The third kappa shape index (κ3) is 3.52. The molecule has 1 aromatic carbocycles. The van der Waals surface area contributed by atoms with E-state index in [9.17, 15) is 4.39 Å². The van der Waals surface area contributed by atoms with Crippen LogP contribution in [0.1, 0.15) is 36.8 Å². The number of aliphatic hydroxyl groups is 1. The highest BCUT2D eigenvalue weighted by Crippen LogP contribution is 2.22. The number of piperidine rings is 1. The second kappa shape index (κ2) is 6.65. The highest BCUT2D eigenvalue weighted by molar-refractivity contribution is 5.34. The fourth-order valence-electron chi connectivity index (χ4n) is 2.74. The summed E-state index contributed by atoms with van der Waals surface area (Å²) in [5, 5.41) is 17.9. The highest BCUT2D eigenvalue weighted by Gasteiger charge is 2.22. The van der Waals surface area contributed by atoms with Crippen molar-refractivity contribution < 1.29 is 9.50 Å². The molecule has 0 bridgehead atoms. The number of aliphatic hydroxyl groups excluding tert-OH is 1. The molecule has 0 saturated carbocycles. The zero-order chi connectivity index (χ0) is 13.7. The van der Waals surface area contributed by atoms with E-state index >= 15 is 0 Å². The summed E-state index contributed by atoms with van der Waals surface area (Å²) >= 11 is 0. The molecular weight excluding hydrogens is 243 g/mol. The minimum atomic E-state index is -0.461. The van der Waals surface area contributed by atoms with E-state index in [1.807, 2.05) is 6.07 Å². The normalized spacial score (nSPS) is 20.2. The van der Waals surface area contributed by atoms with E-state index in [1.54, 1.807) is 12.1 Å². The molecule has 0 aromatic heterocycles. The minimum Gasteiger partial charge on any atom is -0.396 e. The van der Waals surface area contributed by atoms with E-state index in [-0.39, 0.29) is 12.2 Å². The van der Waals surface area contributed by atoms with Gasteiger partial charge in [0.15, 0.2) is 0 Å². The quantitative estimate of drug-likeness (QED) is 0.906. The van der Waals surface area contributed by atoms with Gasteiger partial charge < -0.3 is 5.11 Å². The van der Waals surface area contributed by atoms with Gasteiger partial charge in [-0.15, -0.1) is 0 Å². The second-order valence-corrected chi connectivity index (χ2v) is 5.06. The monoisotopic (exact) mass is 262 g/mol. The molecule has 0 spiro atoms. The number of benzene rings is 1. The van der Waals surface area contributed by atoms with Gasteiger partial charge >= 0.3 is 0 Å². The molecule has 0 aliphatic carbocycles. The van der Waals surface area contributed by atoms with Crippen molar-refractivity contribution in [1.29, 1.82) is 5.26 Å². The fraction of sp³-hybridized carbons (Fsp3) is 0.533. The van der Waals surface area contributed by atoms with Crippen LogP contribution in [-0.4, -0.2) is 29.2 Å². The van der Waals surface area contributed by atoms with Crippen LogP contribution in [0.5, 0.6) is 0 Å². The summed E-state index contributed by atoms with van der Waals surface area (Å²) in [5.41, 5.74) is 1.07. The standard InChI is InChI=1S/C15H19FN2O/c16-15-5-4-12(9-13(15)10-17)11-18-7-2-1-3-14(18)6-8-19/h4-5,9,14,19H,1-3,6-8,11H2. The van der Waals surface area contributed by atoms with E-state index in [2.05, 4.69) is 4.90 Å². The maximum Gasteiger partial charge on any atom is 0.140 e. The Balaban J connectivity index is 2.08. The number of hydrogen-bond donors (Lipinski definition) is 1. The lowest BCUT2D eigenvalue weighted by molar-refractivity contribution is 0.112. The van der Waals surface area contributed by atoms with Crippen molar-refractivity contribution in [1.82, 2.24) is 4.90 Å². The number of nitriles is 1. The zero-order valence-corrected chi connectivity index (χ0v) is 11.0. The predicted molar refractivity (Wildman–Crippen MR) is 70.9 cm³/mol. The predicted octanol–water partition coefficient (Wildman–Crippen LogP) is 2.43. The van der Waals surface area contributed by atoms with Gasteiger partial charge in [0, 0.05) is 19.2 Å². The first-order valence-corrected chi connectivity index (χ1v) is 6.78. The fourth-order valence-corrected chi connectivity index (χ4v) is 2.74. The van der Waals surface area contributed by atoms with Gasteiger partial charge in [-0.1, -0.05) is 12.5 Å². The molecule has 1 saturated heterocycles. The van der Waals surface area contributed by atoms with Crippen LogP contribution in [0.4, 0.5) is 4.39 Å². The first-order valence-electron chi connectivity index (χ1n) is 6.78. The molecule has 102 valence electrons. The summed E-state index contributed by atoms with van der Waals surface area (Å²) in [6.45, 7) is 1.93. The van der Waals surface area contributed by atoms with Crippen molar-refractivity contribution in [3.63, 3.8) is 0 Å². The Morgan fingerprint density at radius 2 is 2.26 bits per heavy atom. The number of nitrogens with zero attached hydrogens (tertiary/aromatic N) is 2. The summed E-state index contributed by atoms with van der Waals surface area (Å²) in [4.78, 5) is 2.33. The first-order chi connectivity index (χ1) is 9.24. The highest BCUT2D eigenvalue weighted by atomic mass is 19.1. The maximum absolute atomic E-state index is 13.3. The molecule has 1 aromatic rings. The zero-order valence-electron chi connectivity index (χ0n) is 11.0. The number of hydrogen-bond acceptors (Lipinski definition) is 3. The van der Waals surface area contributed by atoms with Gasteiger partial charge in [0.2, 0.25) is 0 Å². The summed E-state index contributed by atoms with van der Waals surface area (Å²) in [7, 11) is 0. The number of halogens is 1. The Morgan fingerprint density at radius 3 is 3.00 bits per heavy atom. The van der Waals surface area contributed by atoms with E-state index in [4.69, 9.17) is 10.4 Å². The molecule has 19 heavy (non-hydrogen) atoms. The van der Waals surface area contributed by atoms with Crippen LogP contribution in [-0.2, 0) is 6.54 Å². The van der Waals surface area contributed by atoms with Crippen molar-refractivity contribution in [3.05, 3.63) is 35.1 Å². The van der Waals surface area contributed by atoms with Crippen LogP contribution < -0.4 is 0 Å². The van der Waals surface area contributed by atoms with Crippen LogP contribution in [0.25, 0.3) is 0 Å². The minimum absolute atomic E-state index is 0.105. The lowest BCUT2D eigenvalue weighted by Gasteiger charge is -2.35. The van der Waals surface area contributed by atoms with Gasteiger partial charge in [0.1, 0.15) is 11.9 Å². The summed E-state index contributed by atoms with van der Waals surface area (Å²) in [5.74, 6) is -0.461. The Hall–Kier alpha value is -1.44. The molecule has 1 aliphatic heterocycles. The van der Waals surface area contributed by atoms with Gasteiger partial charge in [0.05, 0.1) is 5.56 Å². The summed E-state index contributed by atoms with van der Waals surface area (Å²) in [6.07, 6.45) is 4.25. The van der Waals surface area contributed by atoms with Crippen LogP contribution in [0.2, 0.25) is 0 Å². The Bertz CT molecular complexity index is 468. The maximum atomic E-state index is 13.3. The van der Waals surface area contributed by atoms with E-state index in [0.717, 1.165) is 37.9 Å². The van der Waals surface area contributed by atoms with E-state index in [1.165, 1.54) is 12.5 Å². The molecule has 1 unspecified atom stereocenters. The SMILES string of the molecule is N#Cc1cc(CN2CCCCC2CCO)ccc1F. The van der Waals surface area contributed by atoms with Crippen molar-refractivity contribution in [2.45, 2.75) is 38.3 Å². The lowest BCUT2D eigenvalue weighted by atomic mass is 9.98. The average Bonchev–Trinajstić information content (AvgIpc) is 2.43. The molecule has 0 amide bonds. The van der Waals surface area contributed by atoms with E-state index in [0.29, 0.717) is 6.04 Å². The van der Waals surface area contributed by atoms with Gasteiger partial charge in [-0.2, -0.15) is 5.26 Å². The largest absolute Gasteiger partial charge is 0.396 e. The topological polar surface area (TPSA) is 47.3 Å². The van der Waals surface area contributed by atoms with Gasteiger partial charge in [-0.05, 0) is 43.5 Å². The summed E-state index contributed by atoms with van der Waals surface area (Å²) < 4.78 is 13.3. The Labute approximate surface area is 113 Å². The molecule has 0 radical (unpaired) electrons. The van der Waals surface area contributed by atoms with Crippen molar-refractivity contribution in [2.75, 3.05) is 13.2 Å². The average molecular weight is 262 g/mol. The summed E-state index contributed by atoms with van der Waals surface area (Å²) in [6, 6.07) is 7.00. The van der Waals surface area contributed by atoms with Crippen molar-refractivity contribution in [3.8, 4) is 6.07 Å². The molecule has 1 fully saturated rings. The Morgan fingerprint density at radius 1 is 1.42 bits per heavy atom. The number of likely N-dealkylation sites (tertiary alicyclic amines) is 1. The van der Waals surface area contributed by atoms with Crippen LogP contribution in [0, 0.1) is 17.1 Å². The first kappa shape index (κ1) is 14.0. The van der Waals surface area contributed by atoms with Crippen molar-refractivity contribution in [2.24, 2.45) is 0 Å². The van der Waals surface area contributed by atoms with Crippen molar-refractivity contribution >= 4 is 0 Å². The van der Waals surface area contributed by atoms with Crippen LogP contribution in [0.15, 0.2) is 18.2 Å². The molecule has 3 nitrogen and oxygen atoms in total. The molecular formula is C15H19FN2O. The number of rotatable bonds is 4. The van der Waals surface area contributed by atoms with E-state index < -0.39 is 5.82 Å². The molecule has 4 heteroatoms. The van der Waals surface area contributed by atoms with Gasteiger partial charge in [0.25, 0.3) is 0 Å². The third-order valence-electron chi connectivity index (χ3n) is 3.75. The smallest absolute Gasteiger partial charge is 0.140 e. The molecule has 2 rings (SSSR count). The molecule has 1 aliphatic rings. The van der Waals surface area contributed by atoms with Crippen LogP contribution >= 0.6 is 0 Å². The molecule has 1 N–H and O–H groups in total. The Kier molecular flexibility index (Phi) is 4.89. The molecule has 1 atom stereocenters. The van der Waals surface area contributed by atoms with Gasteiger partial charge in [-0.3, -0.25) is 4.90 Å². The third-order valence-corrected chi connectivity index (χ3v) is 3.75. The molecule has 1 heterocycles.